The lowest BCUT2D eigenvalue weighted by Gasteiger charge is -2.47. The number of morpholine rings is 1. The van der Waals surface area contributed by atoms with E-state index in [9.17, 15) is 9.90 Å². The number of carbonyl (C=O) groups excluding carboxylic acids is 1. The van der Waals surface area contributed by atoms with Crippen molar-refractivity contribution in [2.75, 3.05) is 53.7 Å². The van der Waals surface area contributed by atoms with E-state index in [2.05, 4.69) is 15.2 Å². The van der Waals surface area contributed by atoms with Crippen LogP contribution in [-0.2, 0) is 19.8 Å². The number of hydrogen-bond acceptors (Lipinski definition) is 7. The van der Waals surface area contributed by atoms with Gasteiger partial charge in [0, 0.05) is 51.9 Å². The summed E-state index contributed by atoms with van der Waals surface area (Å²) in [6.07, 6.45) is 3.06. The Bertz CT molecular complexity index is 662. The van der Waals surface area contributed by atoms with E-state index in [-0.39, 0.29) is 18.6 Å². The number of carbonyl (C=O) groups is 1. The Morgan fingerprint density at radius 2 is 2.14 bits per heavy atom. The highest BCUT2D eigenvalue weighted by atomic mass is 16.5. The summed E-state index contributed by atoms with van der Waals surface area (Å²) in [5.74, 6) is -0.225. The minimum Gasteiger partial charge on any atom is -0.394 e. The summed E-state index contributed by atoms with van der Waals surface area (Å²) < 4.78 is 16.8. The molecule has 2 fully saturated rings. The van der Waals surface area contributed by atoms with Gasteiger partial charge in [0.25, 0.3) is 5.91 Å². The molecule has 1 amide bonds. The fourth-order valence-corrected chi connectivity index (χ4v) is 3.90. The van der Waals surface area contributed by atoms with Crippen molar-refractivity contribution in [3.05, 3.63) is 29.6 Å². The fraction of sp³-hybridized carbons (Fsp3) is 0.700. The zero-order chi connectivity index (χ0) is 20.2. The van der Waals surface area contributed by atoms with Gasteiger partial charge in [0.1, 0.15) is 5.60 Å². The van der Waals surface area contributed by atoms with E-state index < -0.39 is 11.1 Å². The predicted molar refractivity (Wildman–Crippen MR) is 103 cm³/mol. The molecule has 2 aliphatic heterocycles. The van der Waals surface area contributed by atoms with Crippen LogP contribution in [0.3, 0.4) is 0 Å². The number of ether oxygens (including phenoxy) is 3. The van der Waals surface area contributed by atoms with Crippen LogP contribution in [0.5, 0.6) is 0 Å². The third-order valence-corrected chi connectivity index (χ3v) is 6.20. The van der Waals surface area contributed by atoms with Crippen LogP contribution >= 0.6 is 0 Å². The Balaban J connectivity index is 1.66. The van der Waals surface area contributed by atoms with Gasteiger partial charge in [0.05, 0.1) is 36.6 Å². The van der Waals surface area contributed by atoms with E-state index in [0.717, 1.165) is 18.5 Å². The number of pyridine rings is 1. The Kier molecular flexibility index (Phi) is 6.67. The molecular weight excluding hydrogens is 362 g/mol. The van der Waals surface area contributed by atoms with Crippen LogP contribution in [-0.4, -0.2) is 86.2 Å². The summed E-state index contributed by atoms with van der Waals surface area (Å²) in [6.45, 7) is 4.50. The molecule has 0 saturated carbocycles. The molecule has 8 heteroatoms. The van der Waals surface area contributed by atoms with E-state index in [1.807, 2.05) is 20.0 Å². The van der Waals surface area contributed by atoms with Crippen LogP contribution in [0.15, 0.2) is 18.3 Å². The van der Waals surface area contributed by atoms with Gasteiger partial charge in [-0.2, -0.15) is 0 Å². The van der Waals surface area contributed by atoms with E-state index in [1.54, 1.807) is 19.4 Å². The summed E-state index contributed by atoms with van der Waals surface area (Å²) in [6, 6.07) is 3.79. The average molecular weight is 393 g/mol. The smallest absolute Gasteiger partial charge is 0.252 e. The maximum absolute atomic E-state index is 12.6. The molecule has 0 radical (unpaired) electrons. The van der Waals surface area contributed by atoms with Crippen LogP contribution in [0, 0.1) is 0 Å². The molecule has 0 bridgehead atoms. The summed E-state index contributed by atoms with van der Waals surface area (Å²) in [7, 11) is 3.63. The highest BCUT2D eigenvalue weighted by molar-refractivity contribution is 5.93. The summed E-state index contributed by atoms with van der Waals surface area (Å²) in [4.78, 5) is 19.2. The largest absolute Gasteiger partial charge is 0.394 e. The second-order valence-corrected chi connectivity index (χ2v) is 7.78. The summed E-state index contributed by atoms with van der Waals surface area (Å²) in [5.41, 5.74) is 0.216. The molecule has 2 N–H and O–H groups in total. The molecule has 2 atom stereocenters. The normalized spacial score (nSPS) is 28.1. The lowest BCUT2D eigenvalue weighted by atomic mass is 9.89. The van der Waals surface area contributed by atoms with Crippen LogP contribution in [0.4, 0.5) is 0 Å². The van der Waals surface area contributed by atoms with Crippen molar-refractivity contribution < 1.29 is 24.1 Å². The number of amides is 1. The van der Waals surface area contributed by atoms with Crippen molar-refractivity contribution in [3.8, 4) is 0 Å². The third kappa shape index (κ3) is 4.06. The maximum atomic E-state index is 12.6. The van der Waals surface area contributed by atoms with E-state index >= 15 is 0 Å². The Morgan fingerprint density at radius 1 is 1.39 bits per heavy atom. The van der Waals surface area contributed by atoms with Crippen molar-refractivity contribution in [3.63, 3.8) is 0 Å². The highest BCUT2D eigenvalue weighted by Crippen LogP contribution is 2.34. The van der Waals surface area contributed by atoms with Crippen LogP contribution < -0.4 is 5.32 Å². The molecule has 0 aliphatic carbocycles. The maximum Gasteiger partial charge on any atom is 0.252 e. The highest BCUT2D eigenvalue weighted by Gasteiger charge is 2.41. The number of nitrogens with one attached hydrogen (secondary N) is 1. The first kappa shape index (κ1) is 21.1. The zero-order valence-corrected chi connectivity index (χ0v) is 16.9. The SMILES string of the molecule is COC1(c2ccc(C(=O)NC[C@]3(CO)COC[C@@H](C)N3C)cn2)CCOCC1. The van der Waals surface area contributed by atoms with Gasteiger partial charge < -0.3 is 24.6 Å². The first-order valence-electron chi connectivity index (χ1n) is 9.75. The van der Waals surface area contributed by atoms with Gasteiger partial charge in [-0.05, 0) is 26.1 Å². The molecule has 1 aromatic rings. The molecule has 3 rings (SSSR count). The van der Waals surface area contributed by atoms with Crippen molar-refractivity contribution in [1.82, 2.24) is 15.2 Å². The molecule has 0 aromatic carbocycles. The van der Waals surface area contributed by atoms with Gasteiger partial charge in [-0.25, -0.2) is 0 Å². The zero-order valence-electron chi connectivity index (χ0n) is 16.9. The van der Waals surface area contributed by atoms with Gasteiger partial charge in [0.15, 0.2) is 0 Å². The van der Waals surface area contributed by atoms with Gasteiger partial charge >= 0.3 is 0 Å². The molecule has 156 valence electrons. The number of hydrogen-bond donors (Lipinski definition) is 2. The molecule has 2 aliphatic rings. The molecule has 3 heterocycles. The quantitative estimate of drug-likeness (QED) is 0.729. The molecule has 0 spiro atoms. The van der Waals surface area contributed by atoms with Crippen molar-refractivity contribution in [1.29, 1.82) is 0 Å². The Morgan fingerprint density at radius 3 is 2.75 bits per heavy atom. The monoisotopic (exact) mass is 393 g/mol. The molecular formula is C20H31N3O5. The van der Waals surface area contributed by atoms with Crippen molar-refractivity contribution >= 4 is 5.91 Å². The first-order valence-corrected chi connectivity index (χ1v) is 9.75. The Labute approximate surface area is 166 Å². The number of aliphatic hydroxyl groups excluding tert-OH is 1. The Hall–Kier alpha value is -1.58. The second kappa shape index (κ2) is 8.84. The summed E-state index contributed by atoms with van der Waals surface area (Å²) in [5, 5.41) is 12.9. The lowest BCUT2D eigenvalue weighted by molar-refractivity contribution is -0.105. The fourth-order valence-electron chi connectivity index (χ4n) is 3.90. The molecule has 0 unspecified atom stereocenters. The predicted octanol–water partition coefficient (Wildman–Crippen LogP) is 0.545. The van der Waals surface area contributed by atoms with Crippen molar-refractivity contribution in [2.24, 2.45) is 0 Å². The first-order chi connectivity index (χ1) is 13.5. The third-order valence-electron chi connectivity index (χ3n) is 6.20. The number of rotatable bonds is 6. The van der Waals surface area contributed by atoms with Crippen LogP contribution in [0.25, 0.3) is 0 Å². The van der Waals surface area contributed by atoms with E-state index in [0.29, 0.717) is 38.5 Å². The van der Waals surface area contributed by atoms with E-state index in [1.165, 1.54) is 0 Å². The van der Waals surface area contributed by atoms with E-state index in [4.69, 9.17) is 14.2 Å². The standard InChI is InChI=1S/C20H31N3O5/c1-15-11-28-14-19(13-24,23(15)2)12-22-18(25)16-4-5-17(21-10-16)20(26-3)6-8-27-9-7-20/h4-5,10,15,24H,6-9,11-14H2,1-3H3,(H,22,25)/t15-,19+/m1/s1. The lowest BCUT2D eigenvalue weighted by Crippen LogP contribution is -2.65. The number of likely N-dealkylation sites (N-methyl/N-ethyl adjacent to an activating group) is 1. The van der Waals surface area contributed by atoms with Gasteiger partial charge in [-0.1, -0.05) is 0 Å². The number of aliphatic hydroxyl groups is 1. The summed E-state index contributed by atoms with van der Waals surface area (Å²) >= 11 is 0. The number of methoxy groups -OCH3 is 1. The van der Waals surface area contributed by atoms with Gasteiger partial charge in [-0.15, -0.1) is 0 Å². The number of aromatic nitrogens is 1. The minimum absolute atomic E-state index is 0.0935. The average Bonchev–Trinajstić information content (AvgIpc) is 2.75. The second-order valence-electron chi connectivity index (χ2n) is 7.78. The van der Waals surface area contributed by atoms with Gasteiger partial charge in [0.2, 0.25) is 0 Å². The number of nitrogens with zero attached hydrogens (tertiary/aromatic N) is 2. The molecule has 8 nitrogen and oxygen atoms in total. The van der Waals surface area contributed by atoms with Crippen LogP contribution in [0.1, 0.15) is 35.8 Å². The minimum atomic E-state index is -0.622. The molecule has 28 heavy (non-hydrogen) atoms. The topological polar surface area (TPSA) is 93.2 Å². The molecule has 1 aromatic heterocycles. The van der Waals surface area contributed by atoms with Crippen molar-refractivity contribution in [2.45, 2.75) is 36.9 Å². The molecule has 2 saturated heterocycles. The van der Waals surface area contributed by atoms with Gasteiger partial charge in [-0.3, -0.25) is 14.7 Å². The van der Waals surface area contributed by atoms with Crippen LogP contribution in [0.2, 0.25) is 0 Å².